The zero-order valence-corrected chi connectivity index (χ0v) is 30.9. The van der Waals surface area contributed by atoms with Crippen molar-refractivity contribution in [1.82, 2.24) is 4.57 Å². The maximum absolute atomic E-state index is 6.25. The highest BCUT2D eigenvalue weighted by atomic mass is 16.3. The van der Waals surface area contributed by atoms with Crippen molar-refractivity contribution in [2.75, 3.05) is 4.90 Å². The van der Waals surface area contributed by atoms with Crippen molar-refractivity contribution < 1.29 is 4.42 Å². The van der Waals surface area contributed by atoms with Gasteiger partial charge >= 0.3 is 0 Å². The van der Waals surface area contributed by atoms with Crippen molar-refractivity contribution in [2.45, 2.75) is 0 Å². The number of aromatic nitrogens is 1. The molecule has 0 amide bonds. The third-order valence-corrected chi connectivity index (χ3v) is 11.7. The van der Waals surface area contributed by atoms with Crippen LogP contribution in [-0.2, 0) is 0 Å². The first-order valence-electron chi connectivity index (χ1n) is 19.5. The van der Waals surface area contributed by atoms with Gasteiger partial charge in [-0.3, -0.25) is 0 Å². The Labute approximate surface area is 328 Å². The molecule has 57 heavy (non-hydrogen) atoms. The molecule has 0 spiro atoms. The lowest BCUT2D eigenvalue weighted by Crippen LogP contribution is -2.10. The van der Waals surface area contributed by atoms with Gasteiger partial charge in [0, 0.05) is 55.1 Å². The van der Waals surface area contributed by atoms with E-state index in [4.69, 9.17) is 4.42 Å². The van der Waals surface area contributed by atoms with Crippen LogP contribution in [0.15, 0.2) is 211 Å². The number of nitrogens with zero attached hydrogens (tertiary/aromatic N) is 2. The first-order valence-corrected chi connectivity index (χ1v) is 19.5. The minimum Gasteiger partial charge on any atom is -0.456 e. The van der Waals surface area contributed by atoms with Crippen LogP contribution < -0.4 is 4.90 Å². The molecular formula is C54H34N2O. The van der Waals surface area contributed by atoms with Gasteiger partial charge in [-0.05, 0) is 99.4 Å². The summed E-state index contributed by atoms with van der Waals surface area (Å²) < 4.78 is 8.72. The third-order valence-electron chi connectivity index (χ3n) is 11.7. The summed E-state index contributed by atoms with van der Waals surface area (Å²) in [4.78, 5) is 2.35. The lowest BCUT2D eigenvalue weighted by atomic mass is 9.93. The van der Waals surface area contributed by atoms with Crippen molar-refractivity contribution >= 4 is 93.1 Å². The highest BCUT2D eigenvalue weighted by Gasteiger charge is 2.21. The van der Waals surface area contributed by atoms with Gasteiger partial charge in [0.2, 0.25) is 0 Å². The summed E-state index contributed by atoms with van der Waals surface area (Å²) in [7, 11) is 0. The number of benzene rings is 10. The Morgan fingerprint density at radius 1 is 0.351 bits per heavy atom. The molecule has 0 aliphatic carbocycles. The number of furan rings is 1. The van der Waals surface area contributed by atoms with E-state index < -0.39 is 0 Å². The molecule has 266 valence electrons. The summed E-state index contributed by atoms with van der Waals surface area (Å²) in [5.41, 5.74) is 10.9. The van der Waals surface area contributed by atoms with E-state index in [9.17, 15) is 0 Å². The van der Waals surface area contributed by atoms with Crippen LogP contribution in [0.1, 0.15) is 0 Å². The van der Waals surface area contributed by atoms with Crippen molar-refractivity contribution in [3.63, 3.8) is 0 Å². The molecule has 2 aromatic heterocycles. The Hall–Kier alpha value is -7.62. The Kier molecular flexibility index (Phi) is 6.93. The van der Waals surface area contributed by atoms with E-state index in [2.05, 4.69) is 204 Å². The highest BCUT2D eigenvalue weighted by Crippen LogP contribution is 2.45. The van der Waals surface area contributed by atoms with Crippen LogP contribution in [0.3, 0.4) is 0 Å². The fourth-order valence-electron chi connectivity index (χ4n) is 9.19. The molecule has 0 aliphatic rings. The molecular weight excluding hydrogens is 693 g/mol. The minimum absolute atomic E-state index is 0.883. The fraction of sp³-hybridized carbons (Fsp3) is 0. The van der Waals surface area contributed by atoms with Gasteiger partial charge in [-0.2, -0.15) is 0 Å². The lowest BCUT2D eigenvalue weighted by molar-refractivity contribution is 0.669. The average molecular weight is 727 g/mol. The molecule has 0 radical (unpaired) electrons. The van der Waals surface area contributed by atoms with Gasteiger partial charge in [-0.25, -0.2) is 0 Å². The predicted molar refractivity (Wildman–Crippen MR) is 241 cm³/mol. The fourth-order valence-corrected chi connectivity index (χ4v) is 9.19. The normalized spacial score (nSPS) is 11.9. The maximum Gasteiger partial charge on any atom is 0.135 e. The number of rotatable bonds is 5. The van der Waals surface area contributed by atoms with Crippen LogP contribution in [0.4, 0.5) is 17.1 Å². The van der Waals surface area contributed by atoms with E-state index in [1.165, 1.54) is 65.3 Å². The molecule has 0 saturated carbocycles. The van der Waals surface area contributed by atoms with E-state index in [1.807, 2.05) is 12.1 Å². The van der Waals surface area contributed by atoms with Gasteiger partial charge in [-0.1, -0.05) is 140 Å². The molecule has 0 bridgehead atoms. The summed E-state index contributed by atoms with van der Waals surface area (Å²) in [5.74, 6) is 0. The van der Waals surface area contributed by atoms with Gasteiger partial charge in [0.15, 0.2) is 0 Å². The smallest absolute Gasteiger partial charge is 0.135 e. The zero-order chi connectivity index (χ0) is 37.5. The van der Waals surface area contributed by atoms with Gasteiger partial charge in [0.25, 0.3) is 0 Å². The molecule has 0 N–H and O–H groups in total. The van der Waals surface area contributed by atoms with Gasteiger partial charge in [0.1, 0.15) is 11.2 Å². The lowest BCUT2D eigenvalue weighted by Gasteiger charge is -2.26. The molecule has 12 rings (SSSR count). The number of fused-ring (bicyclic) bond motifs is 13. The van der Waals surface area contributed by atoms with Crippen molar-refractivity contribution in [3.05, 3.63) is 206 Å². The van der Waals surface area contributed by atoms with E-state index in [0.29, 0.717) is 0 Å². The second-order valence-corrected chi connectivity index (χ2v) is 14.9. The first kappa shape index (κ1) is 31.7. The van der Waals surface area contributed by atoms with E-state index in [1.54, 1.807) is 0 Å². The number of anilines is 3. The first-order chi connectivity index (χ1) is 28.3. The Morgan fingerprint density at radius 3 is 1.75 bits per heavy atom. The largest absolute Gasteiger partial charge is 0.456 e. The van der Waals surface area contributed by atoms with Crippen LogP contribution in [0.2, 0.25) is 0 Å². The Bertz CT molecular complexity index is 3500. The summed E-state index contributed by atoms with van der Waals surface area (Å²) in [6, 6.07) is 74.5. The van der Waals surface area contributed by atoms with Crippen LogP contribution in [0.5, 0.6) is 0 Å². The van der Waals surface area contributed by atoms with Crippen molar-refractivity contribution in [2.24, 2.45) is 0 Å². The van der Waals surface area contributed by atoms with Crippen LogP contribution >= 0.6 is 0 Å². The zero-order valence-electron chi connectivity index (χ0n) is 30.9. The SMILES string of the molecule is c1ccc(-c2ccc(N(c3ccc(-n4c5ccccc5c5c6c7ccccc7ccc6c6ccccc6c54)cc3)c3ccc4oc5ccccc5c4c3)cc2)cc1. The molecule has 0 saturated heterocycles. The number of hydrogen-bond acceptors (Lipinski definition) is 2. The quantitative estimate of drug-likeness (QED) is 0.165. The Morgan fingerprint density at radius 2 is 0.947 bits per heavy atom. The molecule has 12 aromatic rings. The Balaban J connectivity index is 1.08. The molecule has 3 heteroatoms. The van der Waals surface area contributed by atoms with E-state index in [0.717, 1.165) is 44.7 Å². The van der Waals surface area contributed by atoms with Gasteiger partial charge in [0.05, 0.1) is 11.0 Å². The second-order valence-electron chi connectivity index (χ2n) is 14.9. The number of para-hydroxylation sites is 2. The molecule has 0 unspecified atom stereocenters. The highest BCUT2D eigenvalue weighted by molar-refractivity contribution is 6.36. The van der Waals surface area contributed by atoms with Crippen LogP contribution in [0, 0.1) is 0 Å². The van der Waals surface area contributed by atoms with Gasteiger partial charge < -0.3 is 13.9 Å². The predicted octanol–water partition coefficient (Wildman–Crippen LogP) is 15.3. The number of hydrogen-bond donors (Lipinski definition) is 0. The molecule has 0 fully saturated rings. The van der Waals surface area contributed by atoms with Gasteiger partial charge in [-0.15, -0.1) is 0 Å². The maximum atomic E-state index is 6.25. The second kappa shape index (κ2) is 12.5. The molecule has 0 atom stereocenters. The van der Waals surface area contributed by atoms with Crippen LogP contribution in [0.25, 0.3) is 92.9 Å². The summed E-state index contributed by atoms with van der Waals surface area (Å²) in [6.07, 6.45) is 0. The standard InChI is InChI=1S/C54H34N2O/c1-2-12-35(13-3-1)36-22-25-38(26-23-36)55(41-31-33-51-48(34-41)44-17-9-11-21-50(44)57-51)39-27-29-40(30-28-39)56-49-20-10-8-19-47(49)53-52-42-15-5-4-14-37(42)24-32-45(52)43-16-6-7-18-46(43)54(53)56/h1-34H. The van der Waals surface area contributed by atoms with Crippen molar-refractivity contribution in [3.8, 4) is 16.8 Å². The summed E-state index contributed by atoms with van der Waals surface area (Å²) in [5, 5.41) is 12.4. The monoisotopic (exact) mass is 726 g/mol. The van der Waals surface area contributed by atoms with Crippen LogP contribution in [-0.4, -0.2) is 4.57 Å². The molecule has 2 heterocycles. The topological polar surface area (TPSA) is 21.3 Å². The van der Waals surface area contributed by atoms with Crippen molar-refractivity contribution in [1.29, 1.82) is 0 Å². The molecule has 3 nitrogen and oxygen atoms in total. The average Bonchev–Trinajstić information content (AvgIpc) is 3.83. The van der Waals surface area contributed by atoms with E-state index >= 15 is 0 Å². The minimum atomic E-state index is 0.883. The summed E-state index contributed by atoms with van der Waals surface area (Å²) in [6.45, 7) is 0. The van der Waals surface area contributed by atoms with E-state index in [-0.39, 0.29) is 0 Å². The molecule has 0 aliphatic heterocycles. The molecule has 10 aromatic carbocycles. The summed E-state index contributed by atoms with van der Waals surface area (Å²) >= 11 is 0. The third kappa shape index (κ3) is 4.86.